The first kappa shape index (κ1) is 27.9. The number of phenols is 2. The van der Waals surface area contributed by atoms with Crippen LogP contribution >= 0.6 is 0 Å². The molecule has 0 aliphatic carbocycles. The molecule has 214 valence electrons. The number of aliphatic hydroxyl groups is 3. The molecule has 0 unspecified atom stereocenters. The number of rotatable bonds is 9. The van der Waals surface area contributed by atoms with Gasteiger partial charge < -0.3 is 49.2 Å². The molecule has 0 radical (unpaired) electrons. The summed E-state index contributed by atoms with van der Waals surface area (Å²) in [5.74, 6) is 0.369. The summed E-state index contributed by atoms with van der Waals surface area (Å²) in [6.45, 7) is -0.578. The van der Waals surface area contributed by atoms with E-state index in [1.807, 2.05) is 6.07 Å². The number of benzene rings is 3. The molecule has 40 heavy (non-hydrogen) atoms. The molecule has 0 aromatic heterocycles. The molecular formula is C30H34O10. The maximum Gasteiger partial charge on any atom is 0.165 e. The molecule has 1 saturated heterocycles. The summed E-state index contributed by atoms with van der Waals surface area (Å²) in [5.41, 5.74) is 1.40. The number of hydrogen-bond acceptors (Lipinski definition) is 10. The number of phenolic OH excluding ortho intramolecular Hbond substituents is 2. The second kappa shape index (κ2) is 11.1. The van der Waals surface area contributed by atoms with Gasteiger partial charge in [-0.05, 0) is 47.0 Å². The third kappa shape index (κ3) is 4.77. The van der Waals surface area contributed by atoms with Gasteiger partial charge in [0.15, 0.2) is 34.5 Å². The Hall–Kier alpha value is -3.70. The third-order valence-electron chi connectivity index (χ3n) is 7.91. The zero-order valence-corrected chi connectivity index (χ0v) is 22.5. The van der Waals surface area contributed by atoms with Crippen LogP contribution in [0.15, 0.2) is 48.5 Å². The quantitative estimate of drug-likeness (QED) is 0.267. The normalized spacial score (nSPS) is 25.4. The summed E-state index contributed by atoms with van der Waals surface area (Å²) < 4.78 is 28.4. The first-order valence-electron chi connectivity index (χ1n) is 12.9. The van der Waals surface area contributed by atoms with Crippen molar-refractivity contribution in [2.75, 3.05) is 41.2 Å². The second-order valence-corrected chi connectivity index (χ2v) is 10.2. The molecule has 0 bridgehead atoms. The summed E-state index contributed by atoms with van der Waals surface area (Å²) in [6, 6.07) is 13.4. The van der Waals surface area contributed by atoms with Gasteiger partial charge in [-0.25, -0.2) is 0 Å². The first-order valence-corrected chi connectivity index (χ1v) is 12.9. The van der Waals surface area contributed by atoms with E-state index in [1.165, 1.54) is 33.5 Å². The first-order chi connectivity index (χ1) is 19.3. The van der Waals surface area contributed by atoms with E-state index in [0.29, 0.717) is 28.4 Å². The minimum absolute atomic E-state index is 0.00306. The highest BCUT2D eigenvalue weighted by atomic mass is 16.5. The Morgan fingerprint density at radius 1 is 0.800 bits per heavy atom. The fourth-order valence-corrected chi connectivity index (χ4v) is 5.82. The zero-order valence-electron chi connectivity index (χ0n) is 22.5. The van der Waals surface area contributed by atoms with E-state index >= 15 is 0 Å². The summed E-state index contributed by atoms with van der Waals surface area (Å²) >= 11 is 0. The molecule has 2 aliphatic heterocycles. The van der Waals surface area contributed by atoms with Crippen LogP contribution < -0.4 is 18.9 Å². The van der Waals surface area contributed by atoms with Gasteiger partial charge in [-0.15, -0.1) is 0 Å². The van der Waals surface area contributed by atoms with Crippen molar-refractivity contribution in [2.45, 2.75) is 30.1 Å². The lowest BCUT2D eigenvalue weighted by molar-refractivity contribution is -0.0150. The van der Waals surface area contributed by atoms with Crippen molar-refractivity contribution in [1.29, 1.82) is 0 Å². The van der Waals surface area contributed by atoms with Crippen molar-refractivity contribution in [3.05, 3.63) is 70.8 Å². The lowest BCUT2D eigenvalue weighted by Crippen LogP contribution is -2.41. The van der Waals surface area contributed by atoms with Gasteiger partial charge in [-0.2, -0.15) is 0 Å². The molecule has 2 aliphatic rings. The number of ether oxygens (including phenoxy) is 5. The average Bonchev–Trinajstić information content (AvgIpc) is 3.50. The fraction of sp³-hybridized carbons (Fsp3) is 0.400. The van der Waals surface area contributed by atoms with Crippen LogP contribution in [0.2, 0.25) is 0 Å². The van der Waals surface area contributed by atoms with Crippen molar-refractivity contribution in [3.8, 4) is 34.5 Å². The minimum atomic E-state index is -1.41. The third-order valence-corrected chi connectivity index (χ3v) is 7.91. The molecular weight excluding hydrogens is 520 g/mol. The van der Waals surface area contributed by atoms with Crippen LogP contribution in [-0.2, 0) is 11.2 Å². The number of aliphatic hydroxyl groups excluding tert-OH is 2. The molecule has 5 atom stereocenters. The average molecular weight is 555 g/mol. The number of hydrogen-bond donors (Lipinski definition) is 5. The number of aromatic hydroxyl groups is 2. The predicted molar refractivity (Wildman–Crippen MR) is 143 cm³/mol. The molecule has 1 fully saturated rings. The molecule has 0 saturated carbocycles. The molecule has 2 heterocycles. The molecule has 0 spiro atoms. The summed E-state index contributed by atoms with van der Waals surface area (Å²) in [4.78, 5) is 0. The van der Waals surface area contributed by atoms with Crippen molar-refractivity contribution >= 4 is 0 Å². The Morgan fingerprint density at radius 2 is 1.40 bits per heavy atom. The zero-order chi connectivity index (χ0) is 28.6. The minimum Gasteiger partial charge on any atom is -0.504 e. The van der Waals surface area contributed by atoms with Crippen LogP contribution in [0.4, 0.5) is 0 Å². The van der Waals surface area contributed by atoms with E-state index in [2.05, 4.69) is 0 Å². The maximum absolute atomic E-state index is 11.7. The Labute approximate surface area is 231 Å². The van der Waals surface area contributed by atoms with Gasteiger partial charge >= 0.3 is 0 Å². The SMILES string of the molecule is COc1cc([C@@H]2OC[C@@](O)(Cc3cc(OC)c4c(c3)[C@H](CO)[C@H](c3ccc(O)c(OC)c3)O4)[C@@H]2CO)ccc1O. The smallest absolute Gasteiger partial charge is 0.165 e. The van der Waals surface area contributed by atoms with Crippen molar-refractivity contribution in [3.63, 3.8) is 0 Å². The van der Waals surface area contributed by atoms with Crippen LogP contribution in [0.1, 0.15) is 40.4 Å². The predicted octanol–water partition coefficient (Wildman–Crippen LogP) is 2.99. The van der Waals surface area contributed by atoms with Gasteiger partial charge in [0.1, 0.15) is 6.10 Å². The Balaban J connectivity index is 1.45. The molecule has 3 aromatic carbocycles. The largest absolute Gasteiger partial charge is 0.504 e. The second-order valence-electron chi connectivity index (χ2n) is 10.2. The molecule has 0 amide bonds. The highest BCUT2D eigenvalue weighted by Crippen LogP contribution is 2.52. The van der Waals surface area contributed by atoms with E-state index in [4.69, 9.17) is 23.7 Å². The van der Waals surface area contributed by atoms with Crippen LogP contribution in [0, 0.1) is 5.92 Å². The lowest BCUT2D eigenvalue weighted by atomic mass is 9.79. The van der Waals surface area contributed by atoms with Crippen LogP contribution in [0.25, 0.3) is 0 Å². The van der Waals surface area contributed by atoms with E-state index < -0.39 is 29.6 Å². The van der Waals surface area contributed by atoms with Crippen LogP contribution in [-0.4, -0.2) is 72.3 Å². The van der Waals surface area contributed by atoms with Gasteiger partial charge in [-0.1, -0.05) is 18.2 Å². The number of methoxy groups -OCH3 is 3. The van der Waals surface area contributed by atoms with Crippen molar-refractivity contribution in [2.24, 2.45) is 5.92 Å². The molecule has 5 N–H and O–H groups in total. The van der Waals surface area contributed by atoms with Crippen molar-refractivity contribution < 1.29 is 49.2 Å². The Morgan fingerprint density at radius 3 is 1.95 bits per heavy atom. The lowest BCUT2D eigenvalue weighted by Gasteiger charge is -2.30. The van der Waals surface area contributed by atoms with Gasteiger partial charge in [0.25, 0.3) is 0 Å². The molecule has 3 aromatic rings. The fourth-order valence-electron chi connectivity index (χ4n) is 5.82. The van der Waals surface area contributed by atoms with Gasteiger partial charge in [-0.3, -0.25) is 0 Å². The summed E-state index contributed by atoms with van der Waals surface area (Å²) in [6.07, 6.45) is -1.04. The van der Waals surface area contributed by atoms with E-state index in [0.717, 1.165) is 11.1 Å². The monoisotopic (exact) mass is 554 g/mol. The van der Waals surface area contributed by atoms with Crippen molar-refractivity contribution in [1.82, 2.24) is 0 Å². The highest BCUT2D eigenvalue weighted by molar-refractivity contribution is 5.56. The standard InChI is InChI=1S/C30H34O10/c1-36-24-10-17(4-6-22(24)33)27-20(13-31)19-8-16(9-26(38-3)29(19)40-27)12-30(35)15-39-28(21(30)14-32)18-5-7-23(34)25(11-18)37-2/h4-11,20-21,27-28,31-35H,12-15H2,1-3H3/t20-,21+,27-,28-,30-/m0/s1. The van der Waals surface area contributed by atoms with Crippen LogP contribution in [0.3, 0.4) is 0 Å². The summed E-state index contributed by atoms with van der Waals surface area (Å²) in [5, 5.41) is 52.4. The summed E-state index contributed by atoms with van der Waals surface area (Å²) in [7, 11) is 4.43. The Kier molecular flexibility index (Phi) is 7.70. The molecule has 10 heteroatoms. The van der Waals surface area contributed by atoms with Gasteiger partial charge in [0.05, 0.1) is 58.8 Å². The molecule has 5 rings (SSSR count). The Bertz CT molecular complexity index is 1370. The molecule has 10 nitrogen and oxygen atoms in total. The maximum atomic E-state index is 11.7. The number of fused-ring (bicyclic) bond motifs is 1. The van der Waals surface area contributed by atoms with Crippen LogP contribution in [0.5, 0.6) is 34.5 Å². The van der Waals surface area contributed by atoms with E-state index in [1.54, 1.807) is 30.3 Å². The topological polar surface area (TPSA) is 147 Å². The van der Waals surface area contributed by atoms with E-state index in [-0.39, 0.29) is 43.5 Å². The van der Waals surface area contributed by atoms with Gasteiger partial charge in [0.2, 0.25) is 0 Å². The van der Waals surface area contributed by atoms with Gasteiger partial charge in [0, 0.05) is 17.9 Å². The highest BCUT2D eigenvalue weighted by Gasteiger charge is 2.49. The van der Waals surface area contributed by atoms with E-state index in [9.17, 15) is 25.5 Å².